The highest BCUT2D eigenvalue weighted by molar-refractivity contribution is 9.10. The van der Waals surface area contributed by atoms with E-state index in [2.05, 4.69) is 33.0 Å². The molecule has 1 aromatic carbocycles. The van der Waals surface area contributed by atoms with Crippen molar-refractivity contribution >= 4 is 21.8 Å². The van der Waals surface area contributed by atoms with Crippen molar-refractivity contribution in [3.05, 3.63) is 28.2 Å². The minimum Gasteiger partial charge on any atom is -0.490 e. The van der Waals surface area contributed by atoms with Gasteiger partial charge in [-0.05, 0) is 54.0 Å². The van der Waals surface area contributed by atoms with Crippen LogP contribution < -0.4 is 10.5 Å². The normalized spacial score (nSPS) is 18.5. The first kappa shape index (κ1) is 14.1. The molecule has 0 unspecified atom stereocenters. The van der Waals surface area contributed by atoms with Crippen LogP contribution in [0.3, 0.4) is 0 Å². The second kappa shape index (κ2) is 6.25. The van der Waals surface area contributed by atoms with Crippen molar-refractivity contribution in [3.63, 3.8) is 0 Å². The fraction of sp³-hybridized carbons (Fsp3) is 0.462. The summed E-state index contributed by atoms with van der Waals surface area (Å²) in [6.45, 7) is 2.13. The number of hydrogen-bond donors (Lipinski definition) is 2. The highest BCUT2D eigenvalue weighted by atomic mass is 79.9. The number of benzene rings is 1. The second-order valence-corrected chi connectivity index (χ2v) is 5.60. The molecular formula is C13H18BrN3O2. The van der Waals surface area contributed by atoms with Crippen molar-refractivity contribution < 1.29 is 9.94 Å². The van der Waals surface area contributed by atoms with Gasteiger partial charge < -0.3 is 20.6 Å². The fourth-order valence-electron chi connectivity index (χ4n) is 2.13. The maximum absolute atomic E-state index is 8.67. The van der Waals surface area contributed by atoms with Gasteiger partial charge in [-0.15, -0.1) is 0 Å². The van der Waals surface area contributed by atoms with Crippen molar-refractivity contribution in [1.82, 2.24) is 4.90 Å². The molecule has 19 heavy (non-hydrogen) atoms. The Morgan fingerprint density at radius 3 is 2.74 bits per heavy atom. The lowest BCUT2D eigenvalue weighted by Gasteiger charge is -2.29. The Hall–Kier alpha value is -1.27. The van der Waals surface area contributed by atoms with Gasteiger partial charge in [0.25, 0.3) is 0 Å². The van der Waals surface area contributed by atoms with Crippen LogP contribution >= 0.6 is 15.9 Å². The van der Waals surface area contributed by atoms with Crippen LogP contribution in [0, 0.1) is 0 Å². The maximum atomic E-state index is 8.67. The average Bonchev–Trinajstić information content (AvgIpc) is 2.41. The number of halogens is 1. The first-order valence-corrected chi connectivity index (χ1v) is 7.02. The van der Waals surface area contributed by atoms with E-state index in [1.165, 1.54) is 0 Å². The van der Waals surface area contributed by atoms with Gasteiger partial charge in [0.15, 0.2) is 5.84 Å². The van der Waals surface area contributed by atoms with Gasteiger partial charge in [-0.25, -0.2) is 0 Å². The van der Waals surface area contributed by atoms with Crippen LogP contribution in [0.25, 0.3) is 0 Å². The summed E-state index contributed by atoms with van der Waals surface area (Å²) in [4.78, 5) is 2.30. The Kier molecular flexibility index (Phi) is 4.66. The maximum Gasteiger partial charge on any atom is 0.171 e. The summed E-state index contributed by atoms with van der Waals surface area (Å²) in [6, 6.07) is 5.48. The number of oxime groups is 1. The smallest absolute Gasteiger partial charge is 0.171 e. The molecule has 1 aliphatic rings. The minimum absolute atomic E-state index is 0.0812. The fourth-order valence-corrected chi connectivity index (χ4v) is 2.69. The molecule has 0 spiro atoms. The molecule has 0 amide bonds. The van der Waals surface area contributed by atoms with Crippen molar-refractivity contribution in [1.29, 1.82) is 0 Å². The van der Waals surface area contributed by atoms with E-state index in [1.54, 1.807) is 6.07 Å². The van der Waals surface area contributed by atoms with E-state index in [-0.39, 0.29) is 11.9 Å². The van der Waals surface area contributed by atoms with Crippen molar-refractivity contribution in [2.45, 2.75) is 18.9 Å². The van der Waals surface area contributed by atoms with E-state index in [0.717, 1.165) is 36.2 Å². The Morgan fingerprint density at radius 1 is 1.47 bits per heavy atom. The third-order valence-corrected chi connectivity index (χ3v) is 3.95. The van der Waals surface area contributed by atoms with E-state index in [0.29, 0.717) is 5.56 Å². The monoisotopic (exact) mass is 327 g/mol. The standard InChI is InChI=1S/C13H18BrN3O2/c1-17-6-4-9(5-7-17)19-10-2-3-11(12(14)8-10)13(15)16-18/h2-3,8-9,18H,4-7H2,1H3,(H2,15,16). The summed E-state index contributed by atoms with van der Waals surface area (Å²) in [6.07, 6.45) is 2.34. The van der Waals surface area contributed by atoms with Gasteiger partial charge in [-0.2, -0.15) is 0 Å². The molecule has 1 aromatic rings. The number of nitrogens with two attached hydrogens (primary N) is 1. The zero-order valence-electron chi connectivity index (χ0n) is 10.8. The molecule has 104 valence electrons. The number of likely N-dealkylation sites (tertiary alicyclic amines) is 1. The third-order valence-electron chi connectivity index (χ3n) is 3.29. The quantitative estimate of drug-likeness (QED) is 0.385. The number of hydrogen-bond acceptors (Lipinski definition) is 4. The zero-order valence-corrected chi connectivity index (χ0v) is 12.4. The predicted octanol–water partition coefficient (Wildman–Crippen LogP) is 2.02. The zero-order chi connectivity index (χ0) is 13.8. The van der Waals surface area contributed by atoms with Crippen LogP contribution in [-0.4, -0.2) is 42.2 Å². The number of nitrogens with zero attached hydrogens (tertiary/aromatic N) is 2. The molecule has 1 fully saturated rings. The molecule has 2 rings (SSSR count). The molecule has 0 radical (unpaired) electrons. The average molecular weight is 328 g/mol. The van der Waals surface area contributed by atoms with E-state index in [9.17, 15) is 0 Å². The molecule has 3 N–H and O–H groups in total. The van der Waals surface area contributed by atoms with E-state index in [4.69, 9.17) is 15.7 Å². The molecule has 0 bridgehead atoms. The van der Waals surface area contributed by atoms with E-state index in [1.807, 2.05) is 12.1 Å². The van der Waals surface area contributed by atoms with Gasteiger partial charge in [0, 0.05) is 23.1 Å². The SMILES string of the molecule is CN1CCC(Oc2ccc(/C(N)=N/O)c(Br)c2)CC1. The Balaban J connectivity index is 2.04. The Morgan fingerprint density at radius 2 is 2.16 bits per heavy atom. The largest absolute Gasteiger partial charge is 0.490 e. The van der Waals surface area contributed by atoms with Crippen molar-refractivity contribution in [2.75, 3.05) is 20.1 Å². The lowest BCUT2D eigenvalue weighted by molar-refractivity contribution is 0.114. The topological polar surface area (TPSA) is 71.1 Å². The summed E-state index contributed by atoms with van der Waals surface area (Å²) in [7, 11) is 2.12. The highest BCUT2D eigenvalue weighted by Crippen LogP contribution is 2.25. The van der Waals surface area contributed by atoms with Crippen LogP contribution in [0.5, 0.6) is 5.75 Å². The van der Waals surface area contributed by atoms with Gasteiger partial charge in [-0.1, -0.05) is 5.16 Å². The predicted molar refractivity (Wildman–Crippen MR) is 77.8 cm³/mol. The van der Waals surface area contributed by atoms with E-state index >= 15 is 0 Å². The third kappa shape index (κ3) is 3.61. The molecule has 1 saturated heterocycles. The van der Waals surface area contributed by atoms with Crippen LogP contribution in [0.2, 0.25) is 0 Å². The number of piperidine rings is 1. The highest BCUT2D eigenvalue weighted by Gasteiger charge is 2.18. The van der Waals surface area contributed by atoms with E-state index < -0.39 is 0 Å². The second-order valence-electron chi connectivity index (χ2n) is 4.75. The summed E-state index contributed by atoms with van der Waals surface area (Å²) in [5.74, 6) is 0.883. The van der Waals surface area contributed by atoms with Gasteiger partial charge in [0.1, 0.15) is 11.9 Å². The van der Waals surface area contributed by atoms with Crippen molar-refractivity contribution in [3.8, 4) is 5.75 Å². The Labute approximate surface area is 121 Å². The number of ether oxygens (including phenoxy) is 1. The molecule has 5 nitrogen and oxygen atoms in total. The van der Waals surface area contributed by atoms with Gasteiger partial charge in [-0.3, -0.25) is 0 Å². The lowest BCUT2D eigenvalue weighted by Crippen LogP contribution is -2.35. The molecule has 1 heterocycles. The number of rotatable bonds is 3. The van der Waals surface area contributed by atoms with Crippen molar-refractivity contribution in [2.24, 2.45) is 10.9 Å². The first-order valence-electron chi connectivity index (χ1n) is 6.23. The summed E-state index contributed by atoms with van der Waals surface area (Å²) in [5, 5.41) is 11.7. The molecule has 0 aromatic heterocycles. The minimum atomic E-state index is 0.0812. The summed E-state index contributed by atoms with van der Waals surface area (Å²) in [5.41, 5.74) is 6.22. The Bertz CT molecular complexity index is 471. The number of amidine groups is 1. The molecule has 0 aliphatic carbocycles. The van der Waals surface area contributed by atoms with Crippen LogP contribution in [0.4, 0.5) is 0 Å². The molecule has 0 atom stereocenters. The molecule has 6 heteroatoms. The van der Waals surface area contributed by atoms with Gasteiger partial charge in [0.2, 0.25) is 0 Å². The van der Waals surface area contributed by atoms with Crippen LogP contribution in [0.15, 0.2) is 27.8 Å². The van der Waals surface area contributed by atoms with Gasteiger partial charge in [0.05, 0.1) is 0 Å². The van der Waals surface area contributed by atoms with Crippen LogP contribution in [-0.2, 0) is 0 Å². The first-order chi connectivity index (χ1) is 9.10. The summed E-state index contributed by atoms with van der Waals surface area (Å²) < 4.78 is 6.71. The lowest BCUT2D eigenvalue weighted by atomic mass is 10.1. The molecule has 0 saturated carbocycles. The summed E-state index contributed by atoms with van der Waals surface area (Å²) >= 11 is 3.40. The van der Waals surface area contributed by atoms with Gasteiger partial charge >= 0.3 is 0 Å². The molecular weight excluding hydrogens is 310 g/mol. The molecule has 1 aliphatic heterocycles. The van der Waals surface area contributed by atoms with Crippen LogP contribution in [0.1, 0.15) is 18.4 Å².